The average Bonchev–Trinajstić information content (AvgIpc) is 2.52. The molecule has 5 N–H and O–H groups in total. The number of rotatable bonds is 4. The topological polar surface area (TPSA) is 87.9 Å². The highest BCUT2D eigenvalue weighted by Crippen LogP contribution is 2.33. The molecule has 0 unspecified atom stereocenters. The van der Waals surface area contributed by atoms with Gasteiger partial charge in [-0.3, -0.25) is 0 Å². The van der Waals surface area contributed by atoms with Crippen LogP contribution in [0.3, 0.4) is 0 Å². The zero-order chi connectivity index (χ0) is 19.8. The molecular formula is C21H32N6. The summed E-state index contributed by atoms with van der Waals surface area (Å²) in [5.74, 6) is 1.32. The van der Waals surface area contributed by atoms with Crippen LogP contribution in [-0.4, -0.2) is 27.1 Å². The summed E-state index contributed by atoms with van der Waals surface area (Å²) in [6, 6.07) is 6.45. The molecule has 0 aliphatic carbocycles. The Hall–Kier alpha value is -2.34. The Morgan fingerprint density at radius 3 is 2.33 bits per heavy atom. The highest BCUT2D eigenvalue weighted by Gasteiger charge is 2.37. The Labute approximate surface area is 162 Å². The Kier molecular flexibility index (Phi) is 5.04. The minimum atomic E-state index is 0.0565. The molecule has 0 spiro atoms. The monoisotopic (exact) mass is 368 g/mol. The molecule has 0 bridgehead atoms. The quantitative estimate of drug-likeness (QED) is 0.649. The van der Waals surface area contributed by atoms with Gasteiger partial charge >= 0.3 is 0 Å². The SMILES string of the molecule is Cc1cccc(Nc2ncnc(NC3CC(C)(C)NC(C)(C)C3)c2N)c1C. The van der Waals surface area contributed by atoms with E-state index in [1.807, 2.05) is 12.1 Å². The van der Waals surface area contributed by atoms with E-state index in [0.717, 1.165) is 18.5 Å². The van der Waals surface area contributed by atoms with Crippen molar-refractivity contribution in [2.45, 2.75) is 71.5 Å². The van der Waals surface area contributed by atoms with Crippen molar-refractivity contribution < 1.29 is 0 Å². The lowest BCUT2D eigenvalue weighted by Gasteiger charge is -2.46. The molecule has 3 rings (SSSR count). The van der Waals surface area contributed by atoms with E-state index in [1.165, 1.54) is 11.1 Å². The molecule has 6 nitrogen and oxygen atoms in total. The van der Waals surface area contributed by atoms with E-state index in [0.29, 0.717) is 23.4 Å². The van der Waals surface area contributed by atoms with Crippen LogP contribution in [0.4, 0.5) is 23.0 Å². The van der Waals surface area contributed by atoms with Crippen LogP contribution in [0.15, 0.2) is 24.5 Å². The second-order valence-corrected chi connectivity index (χ2v) is 9.00. The van der Waals surface area contributed by atoms with E-state index >= 15 is 0 Å². The molecule has 2 aromatic rings. The first-order valence-corrected chi connectivity index (χ1v) is 9.56. The number of aromatic nitrogens is 2. The number of aryl methyl sites for hydroxylation is 1. The van der Waals surface area contributed by atoms with Gasteiger partial charge in [-0.2, -0.15) is 0 Å². The molecule has 27 heavy (non-hydrogen) atoms. The van der Waals surface area contributed by atoms with Crippen LogP contribution in [0.2, 0.25) is 0 Å². The van der Waals surface area contributed by atoms with E-state index in [1.54, 1.807) is 6.33 Å². The van der Waals surface area contributed by atoms with Gasteiger partial charge in [0.15, 0.2) is 11.6 Å². The van der Waals surface area contributed by atoms with E-state index in [4.69, 9.17) is 5.73 Å². The Morgan fingerprint density at radius 1 is 1.04 bits per heavy atom. The highest BCUT2D eigenvalue weighted by molar-refractivity contribution is 5.78. The molecule has 0 atom stereocenters. The number of nitrogens with zero attached hydrogens (tertiary/aromatic N) is 2. The van der Waals surface area contributed by atoms with Gasteiger partial charge in [-0.1, -0.05) is 12.1 Å². The first-order valence-electron chi connectivity index (χ1n) is 9.56. The highest BCUT2D eigenvalue weighted by atomic mass is 15.1. The molecule has 2 heterocycles. The summed E-state index contributed by atoms with van der Waals surface area (Å²) in [6.07, 6.45) is 3.56. The van der Waals surface area contributed by atoms with Crippen LogP contribution in [0.25, 0.3) is 0 Å². The van der Waals surface area contributed by atoms with Crippen LogP contribution in [0.1, 0.15) is 51.7 Å². The summed E-state index contributed by atoms with van der Waals surface area (Å²) in [5, 5.41) is 10.6. The van der Waals surface area contributed by atoms with E-state index in [-0.39, 0.29) is 11.1 Å². The second-order valence-electron chi connectivity index (χ2n) is 9.00. The number of hydrogen-bond donors (Lipinski definition) is 4. The number of nitrogen functional groups attached to an aromatic ring is 1. The van der Waals surface area contributed by atoms with E-state index in [9.17, 15) is 0 Å². The summed E-state index contributed by atoms with van der Waals surface area (Å²) in [7, 11) is 0. The average molecular weight is 369 g/mol. The van der Waals surface area contributed by atoms with Crippen molar-refractivity contribution in [1.29, 1.82) is 0 Å². The van der Waals surface area contributed by atoms with Gasteiger partial charge in [-0.25, -0.2) is 9.97 Å². The molecule has 6 heteroatoms. The van der Waals surface area contributed by atoms with Crippen molar-refractivity contribution in [3.8, 4) is 0 Å². The zero-order valence-corrected chi connectivity index (χ0v) is 17.3. The second kappa shape index (κ2) is 7.00. The number of piperidine rings is 1. The maximum absolute atomic E-state index is 6.41. The predicted molar refractivity (Wildman–Crippen MR) is 114 cm³/mol. The van der Waals surface area contributed by atoms with Crippen LogP contribution in [-0.2, 0) is 0 Å². The van der Waals surface area contributed by atoms with Crippen molar-refractivity contribution in [2.75, 3.05) is 16.4 Å². The molecule has 1 saturated heterocycles. The van der Waals surface area contributed by atoms with Crippen LogP contribution in [0, 0.1) is 13.8 Å². The molecule has 146 valence electrons. The fraction of sp³-hybridized carbons (Fsp3) is 0.524. The van der Waals surface area contributed by atoms with Gasteiger partial charge in [0.25, 0.3) is 0 Å². The zero-order valence-electron chi connectivity index (χ0n) is 17.3. The lowest BCUT2D eigenvalue weighted by Crippen LogP contribution is -2.60. The third-order valence-electron chi connectivity index (χ3n) is 5.27. The van der Waals surface area contributed by atoms with Gasteiger partial charge in [-0.15, -0.1) is 0 Å². The van der Waals surface area contributed by atoms with Gasteiger partial charge in [0.2, 0.25) is 0 Å². The van der Waals surface area contributed by atoms with Crippen molar-refractivity contribution in [3.63, 3.8) is 0 Å². The third kappa shape index (κ3) is 4.50. The molecule has 1 fully saturated rings. The van der Waals surface area contributed by atoms with Gasteiger partial charge < -0.3 is 21.7 Å². The predicted octanol–water partition coefficient (Wildman–Crippen LogP) is 4.14. The molecule has 0 radical (unpaired) electrons. The minimum absolute atomic E-state index is 0.0565. The van der Waals surface area contributed by atoms with E-state index in [2.05, 4.69) is 73.5 Å². The molecular weight excluding hydrogens is 336 g/mol. The van der Waals surface area contributed by atoms with Gasteiger partial charge in [-0.05, 0) is 71.6 Å². The first kappa shape index (κ1) is 19.4. The number of anilines is 4. The Bertz CT molecular complexity index is 811. The van der Waals surface area contributed by atoms with Crippen molar-refractivity contribution in [3.05, 3.63) is 35.7 Å². The normalized spacial score (nSPS) is 18.9. The fourth-order valence-electron chi connectivity index (χ4n) is 4.24. The van der Waals surface area contributed by atoms with Crippen molar-refractivity contribution >= 4 is 23.0 Å². The minimum Gasteiger partial charge on any atom is -0.393 e. The largest absolute Gasteiger partial charge is 0.393 e. The van der Waals surface area contributed by atoms with E-state index < -0.39 is 0 Å². The van der Waals surface area contributed by atoms with Gasteiger partial charge in [0.05, 0.1) is 0 Å². The standard InChI is InChI=1S/C21H32N6/c1-13-8-7-9-16(14(13)2)26-19-17(22)18(23-12-24-19)25-15-10-20(3,4)27-21(5,6)11-15/h7-9,12,15,27H,10-11,22H2,1-6H3,(H2,23,24,25,26). The van der Waals surface area contributed by atoms with Gasteiger partial charge in [0, 0.05) is 22.8 Å². The van der Waals surface area contributed by atoms with Crippen LogP contribution < -0.4 is 21.7 Å². The fourth-order valence-corrected chi connectivity index (χ4v) is 4.24. The molecule has 0 amide bonds. The molecule has 1 aliphatic rings. The first-order chi connectivity index (χ1) is 12.6. The number of nitrogens with one attached hydrogen (secondary N) is 3. The number of nitrogens with two attached hydrogens (primary N) is 1. The Morgan fingerprint density at radius 2 is 1.67 bits per heavy atom. The summed E-state index contributed by atoms with van der Waals surface area (Å²) >= 11 is 0. The van der Waals surface area contributed by atoms with Crippen molar-refractivity contribution in [1.82, 2.24) is 15.3 Å². The number of hydrogen-bond acceptors (Lipinski definition) is 6. The number of benzene rings is 1. The molecule has 0 saturated carbocycles. The molecule has 1 aromatic heterocycles. The van der Waals surface area contributed by atoms with Gasteiger partial charge in [0.1, 0.15) is 12.0 Å². The lowest BCUT2D eigenvalue weighted by atomic mass is 9.79. The lowest BCUT2D eigenvalue weighted by molar-refractivity contribution is 0.170. The smallest absolute Gasteiger partial charge is 0.159 e. The summed E-state index contributed by atoms with van der Waals surface area (Å²) < 4.78 is 0. The maximum atomic E-state index is 6.41. The summed E-state index contributed by atoms with van der Waals surface area (Å²) in [6.45, 7) is 13.1. The van der Waals surface area contributed by atoms with Crippen LogP contribution >= 0.6 is 0 Å². The summed E-state index contributed by atoms with van der Waals surface area (Å²) in [5.41, 5.74) is 10.5. The molecule has 1 aliphatic heterocycles. The van der Waals surface area contributed by atoms with Crippen molar-refractivity contribution in [2.24, 2.45) is 0 Å². The van der Waals surface area contributed by atoms with Crippen LogP contribution in [0.5, 0.6) is 0 Å². The Balaban J connectivity index is 1.82. The third-order valence-corrected chi connectivity index (χ3v) is 5.27. The summed E-state index contributed by atoms with van der Waals surface area (Å²) in [4.78, 5) is 8.76. The maximum Gasteiger partial charge on any atom is 0.159 e. The molecule has 1 aromatic carbocycles.